The maximum atomic E-state index is 5.84. The van der Waals surface area contributed by atoms with Crippen LogP contribution in [-0.2, 0) is 6.54 Å². The molecule has 3 rings (SSSR count). The number of rotatable bonds is 2. The van der Waals surface area contributed by atoms with E-state index < -0.39 is 0 Å². The van der Waals surface area contributed by atoms with Gasteiger partial charge in [0.2, 0.25) is 0 Å². The zero-order valence-corrected chi connectivity index (χ0v) is 8.73. The van der Waals surface area contributed by atoms with E-state index in [0.717, 1.165) is 27.5 Å². The van der Waals surface area contributed by atoms with Crippen LogP contribution in [-0.4, -0.2) is 0 Å². The molecular weight excluding hydrogens is 200 g/mol. The van der Waals surface area contributed by atoms with Crippen molar-refractivity contribution < 1.29 is 4.42 Å². The van der Waals surface area contributed by atoms with Gasteiger partial charge in [0.05, 0.1) is 0 Å². The molecule has 0 aliphatic carbocycles. The van der Waals surface area contributed by atoms with Crippen molar-refractivity contribution in [1.82, 2.24) is 5.43 Å². The molecule has 80 valence electrons. The fourth-order valence-corrected chi connectivity index (χ4v) is 2.05. The maximum absolute atomic E-state index is 5.84. The number of nitrogens with two attached hydrogens (primary N) is 1. The van der Waals surface area contributed by atoms with Crippen LogP contribution in [0.15, 0.2) is 46.9 Å². The molecule has 0 saturated carbocycles. The first-order valence-corrected chi connectivity index (χ1v) is 5.23. The molecule has 3 nitrogen and oxygen atoms in total. The van der Waals surface area contributed by atoms with Crippen molar-refractivity contribution in [3.05, 3.63) is 48.0 Å². The van der Waals surface area contributed by atoms with Crippen molar-refractivity contribution in [2.75, 3.05) is 0 Å². The summed E-state index contributed by atoms with van der Waals surface area (Å²) >= 11 is 0. The maximum Gasteiger partial charge on any atom is 0.139 e. The summed E-state index contributed by atoms with van der Waals surface area (Å²) in [4.78, 5) is 0. The lowest BCUT2D eigenvalue weighted by Crippen LogP contribution is -2.20. The van der Waals surface area contributed by atoms with Gasteiger partial charge in [-0.1, -0.05) is 36.4 Å². The number of hydrogen-bond acceptors (Lipinski definition) is 3. The van der Waals surface area contributed by atoms with E-state index in [1.807, 2.05) is 30.3 Å². The Morgan fingerprint density at radius 2 is 1.81 bits per heavy atom. The van der Waals surface area contributed by atoms with E-state index in [1.54, 1.807) is 0 Å². The van der Waals surface area contributed by atoms with Gasteiger partial charge in [-0.15, -0.1) is 0 Å². The van der Waals surface area contributed by atoms with Gasteiger partial charge < -0.3 is 4.42 Å². The molecule has 3 aromatic rings. The molecule has 16 heavy (non-hydrogen) atoms. The van der Waals surface area contributed by atoms with Crippen LogP contribution in [0.3, 0.4) is 0 Å². The number of hydrazine groups is 1. The first-order valence-electron chi connectivity index (χ1n) is 5.23. The number of furan rings is 1. The third kappa shape index (κ3) is 1.30. The molecule has 3 heteroatoms. The van der Waals surface area contributed by atoms with Crippen LogP contribution in [0.25, 0.3) is 21.9 Å². The highest BCUT2D eigenvalue weighted by molar-refractivity contribution is 6.05. The Bertz CT molecular complexity index is 643. The van der Waals surface area contributed by atoms with Gasteiger partial charge in [-0.3, -0.25) is 11.3 Å². The minimum absolute atomic E-state index is 0.608. The van der Waals surface area contributed by atoms with Gasteiger partial charge in [-0.05, 0) is 6.07 Å². The van der Waals surface area contributed by atoms with Crippen LogP contribution in [0.2, 0.25) is 0 Å². The molecule has 0 unspecified atom stereocenters. The van der Waals surface area contributed by atoms with Crippen LogP contribution in [0, 0.1) is 0 Å². The molecule has 0 saturated heterocycles. The normalized spacial score (nSPS) is 11.3. The molecule has 0 bridgehead atoms. The topological polar surface area (TPSA) is 51.2 Å². The van der Waals surface area contributed by atoms with Gasteiger partial charge in [-0.2, -0.15) is 0 Å². The van der Waals surface area contributed by atoms with Crippen molar-refractivity contribution in [2.45, 2.75) is 6.54 Å². The smallest absolute Gasteiger partial charge is 0.139 e. The Kier molecular flexibility index (Phi) is 2.13. The van der Waals surface area contributed by atoms with Crippen LogP contribution >= 0.6 is 0 Å². The standard InChI is InChI=1S/C13H12N2O/c14-15-8-9-4-3-6-11-10-5-1-2-7-12(10)16-13(9)11/h1-7,15H,8,14H2. The molecular formula is C13H12N2O. The second-order valence-electron chi connectivity index (χ2n) is 3.77. The molecule has 0 spiro atoms. The first kappa shape index (κ1) is 9.39. The van der Waals surface area contributed by atoms with Gasteiger partial charge in [0.1, 0.15) is 11.2 Å². The fourth-order valence-electron chi connectivity index (χ4n) is 2.05. The van der Waals surface area contributed by atoms with Crippen molar-refractivity contribution in [3.8, 4) is 0 Å². The third-order valence-corrected chi connectivity index (χ3v) is 2.78. The molecule has 3 N–H and O–H groups in total. The lowest BCUT2D eigenvalue weighted by atomic mass is 10.1. The highest BCUT2D eigenvalue weighted by Gasteiger charge is 2.08. The molecule has 0 aliphatic rings. The summed E-state index contributed by atoms with van der Waals surface area (Å²) in [5.41, 5.74) is 5.58. The minimum atomic E-state index is 0.608. The first-order chi connectivity index (χ1) is 7.90. The Labute approximate surface area is 92.8 Å². The van der Waals surface area contributed by atoms with Crippen LogP contribution < -0.4 is 11.3 Å². The molecule has 0 radical (unpaired) electrons. The number of hydrogen-bond donors (Lipinski definition) is 2. The van der Waals surface area contributed by atoms with E-state index in [9.17, 15) is 0 Å². The average Bonchev–Trinajstić information content (AvgIpc) is 2.69. The number of para-hydroxylation sites is 2. The van der Waals surface area contributed by atoms with E-state index >= 15 is 0 Å². The van der Waals surface area contributed by atoms with E-state index in [2.05, 4.69) is 17.6 Å². The molecule has 0 amide bonds. The predicted octanol–water partition coefficient (Wildman–Crippen LogP) is 2.55. The quantitative estimate of drug-likeness (QED) is 0.507. The summed E-state index contributed by atoms with van der Waals surface area (Å²) in [6.07, 6.45) is 0. The number of fused-ring (bicyclic) bond motifs is 3. The SMILES string of the molecule is NNCc1cccc2c1oc1ccccc12. The van der Waals surface area contributed by atoms with Crippen molar-refractivity contribution in [1.29, 1.82) is 0 Å². The lowest BCUT2D eigenvalue weighted by Gasteiger charge is -1.99. The Balaban J connectivity index is 2.39. The lowest BCUT2D eigenvalue weighted by molar-refractivity contribution is 0.652. The molecule has 2 aromatic carbocycles. The fraction of sp³-hybridized carbons (Fsp3) is 0.0769. The monoisotopic (exact) mass is 212 g/mol. The molecule has 1 aromatic heterocycles. The van der Waals surface area contributed by atoms with E-state index in [4.69, 9.17) is 10.3 Å². The molecule has 0 aliphatic heterocycles. The van der Waals surface area contributed by atoms with Crippen molar-refractivity contribution in [3.63, 3.8) is 0 Å². The highest BCUT2D eigenvalue weighted by atomic mass is 16.3. The summed E-state index contributed by atoms with van der Waals surface area (Å²) in [5.74, 6) is 5.35. The number of nitrogens with one attached hydrogen (secondary N) is 1. The van der Waals surface area contributed by atoms with Crippen LogP contribution in [0.5, 0.6) is 0 Å². The molecule has 0 atom stereocenters. The molecule has 1 heterocycles. The summed E-state index contributed by atoms with van der Waals surface area (Å²) < 4.78 is 5.84. The zero-order chi connectivity index (χ0) is 11.0. The largest absolute Gasteiger partial charge is 0.456 e. The predicted molar refractivity (Wildman–Crippen MR) is 64.7 cm³/mol. The van der Waals surface area contributed by atoms with Gasteiger partial charge >= 0.3 is 0 Å². The van der Waals surface area contributed by atoms with Crippen molar-refractivity contribution in [2.24, 2.45) is 5.84 Å². The molecule has 0 fully saturated rings. The number of benzene rings is 2. The van der Waals surface area contributed by atoms with Gasteiger partial charge in [0, 0.05) is 22.9 Å². The van der Waals surface area contributed by atoms with Crippen molar-refractivity contribution >= 4 is 21.9 Å². The minimum Gasteiger partial charge on any atom is -0.456 e. The van der Waals surface area contributed by atoms with Gasteiger partial charge in [0.15, 0.2) is 0 Å². The Morgan fingerprint density at radius 1 is 1.00 bits per heavy atom. The van der Waals surface area contributed by atoms with Crippen LogP contribution in [0.1, 0.15) is 5.56 Å². The Morgan fingerprint density at radius 3 is 2.69 bits per heavy atom. The summed E-state index contributed by atoms with van der Waals surface area (Å²) in [7, 11) is 0. The van der Waals surface area contributed by atoms with Gasteiger partial charge in [-0.25, -0.2) is 0 Å². The van der Waals surface area contributed by atoms with E-state index in [1.165, 1.54) is 0 Å². The summed E-state index contributed by atoms with van der Waals surface area (Å²) in [6, 6.07) is 14.2. The van der Waals surface area contributed by atoms with Gasteiger partial charge in [0.25, 0.3) is 0 Å². The van der Waals surface area contributed by atoms with Crippen LogP contribution in [0.4, 0.5) is 0 Å². The zero-order valence-electron chi connectivity index (χ0n) is 8.73. The second-order valence-corrected chi connectivity index (χ2v) is 3.77. The summed E-state index contributed by atoms with van der Waals surface area (Å²) in [5, 5.41) is 2.29. The Hall–Kier alpha value is -1.84. The van der Waals surface area contributed by atoms with E-state index in [0.29, 0.717) is 6.54 Å². The average molecular weight is 212 g/mol. The third-order valence-electron chi connectivity index (χ3n) is 2.78. The second kappa shape index (κ2) is 3.63. The highest BCUT2D eigenvalue weighted by Crippen LogP contribution is 2.30. The van der Waals surface area contributed by atoms with E-state index in [-0.39, 0.29) is 0 Å². The summed E-state index contributed by atoms with van der Waals surface area (Å²) in [6.45, 7) is 0.608.